The number of hydrogen-bond acceptors (Lipinski definition) is 1. The molecule has 1 heterocycles. The molecule has 11 heavy (non-hydrogen) atoms. The molecule has 0 amide bonds. The van der Waals surface area contributed by atoms with Crippen molar-refractivity contribution in [2.45, 2.75) is 19.8 Å². The summed E-state index contributed by atoms with van der Waals surface area (Å²) in [7, 11) is 1.94. The van der Waals surface area contributed by atoms with Gasteiger partial charge >= 0.3 is 18.9 Å². The Labute approximate surface area is 81.2 Å². The molecule has 3 heteroatoms. The molecule has 0 N–H and O–H groups in total. The predicted molar refractivity (Wildman–Crippen MR) is 43.5 cm³/mol. The third kappa shape index (κ3) is 9.81. The second-order valence-electron chi connectivity index (χ2n) is 2.08. The van der Waals surface area contributed by atoms with Crippen molar-refractivity contribution in [2.24, 2.45) is 7.05 Å². The molecular formula is C8H15LiN2. The standard InChI is InChI=1S/C4H6N2.C4H9.Li/c1-6-3-2-5-4-6;1-3-4-2;/h2-4H,1H3;1,3-4H2,2H3;/q;-1;+1. The predicted octanol–water partition coefficient (Wildman–Crippen LogP) is -0.955. The van der Waals surface area contributed by atoms with Crippen LogP contribution < -0.4 is 18.9 Å². The number of hydrogen-bond donors (Lipinski definition) is 0. The number of nitrogens with zero attached hydrogens (tertiary/aromatic N) is 2. The van der Waals surface area contributed by atoms with Crippen LogP contribution in [0.1, 0.15) is 19.8 Å². The van der Waals surface area contributed by atoms with Crippen molar-refractivity contribution < 1.29 is 18.9 Å². The third-order valence-electron chi connectivity index (χ3n) is 0.990. The van der Waals surface area contributed by atoms with Gasteiger partial charge in [0.25, 0.3) is 0 Å². The first-order valence-corrected chi connectivity index (χ1v) is 3.52. The van der Waals surface area contributed by atoms with E-state index in [0.717, 1.165) is 6.42 Å². The third-order valence-corrected chi connectivity index (χ3v) is 0.990. The zero-order valence-corrected chi connectivity index (χ0v) is 7.75. The molecule has 0 aromatic carbocycles. The van der Waals surface area contributed by atoms with Crippen LogP contribution in [-0.2, 0) is 7.05 Å². The second kappa shape index (κ2) is 9.81. The molecular weight excluding hydrogens is 131 g/mol. The molecule has 0 fully saturated rings. The summed E-state index contributed by atoms with van der Waals surface area (Å²) in [6.07, 6.45) is 7.67. The summed E-state index contributed by atoms with van der Waals surface area (Å²) < 4.78 is 1.89. The van der Waals surface area contributed by atoms with Crippen LogP contribution in [0.15, 0.2) is 18.7 Å². The fraction of sp³-hybridized carbons (Fsp3) is 0.500. The molecule has 1 rings (SSSR count). The molecule has 0 bridgehead atoms. The van der Waals surface area contributed by atoms with Crippen molar-refractivity contribution in [3.8, 4) is 0 Å². The van der Waals surface area contributed by atoms with Gasteiger partial charge in [-0.1, -0.05) is 13.3 Å². The van der Waals surface area contributed by atoms with Gasteiger partial charge < -0.3 is 11.5 Å². The van der Waals surface area contributed by atoms with Crippen LogP contribution in [0.4, 0.5) is 0 Å². The zero-order valence-electron chi connectivity index (χ0n) is 7.75. The molecule has 0 saturated carbocycles. The molecule has 0 atom stereocenters. The molecule has 0 aliphatic rings. The number of aromatic nitrogens is 2. The molecule has 0 unspecified atom stereocenters. The maximum atomic E-state index is 3.78. The van der Waals surface area contributed by atoms with Crippen LogP contribution in [0.2, 0.25) is 0 Å². The Morgan fingerprint density at radius 3 is 2.18 bits per heavy atom. The van der Waals surface area contributed by atoms with E-state index in [1.54, 1.807) is 12.5 Å². The fourth-order valence-corrected chi connectivity index (χ4v) is 0.326. The smallest absolute Gasteiger partial charge is 0.343 e. The first kappa shape index (κ1) is 13.4. The monoisotopic (exact) mass is 146 g/mol. The van der Waals surface area contributed by atoms with Crippen molar-refractivity contribution in [3.05, 3.63) is 25.6 Å². The fourth-order valence-electron chi connectivity index (χ4n) is 0.326. The van der Waals surface area contributed by atoms with E-state index >= 15 is 0 Å². The van der Waals surface area contributed by atoms with Gasteiger partial charge in [-0.3, -0.25) is 0 Å². The van der Waals surface area contributed by atoms with Gasteiger partial charge in [0.05, 0.1) is 6.33 Å². The molecule has 58 valence electrons. The second-order valence-corrected chi connectivity index (χ2v) is 2.08. The van der Waals surface area contributed by atoms with E-state index < -0.39 is 0 Å². The molecule has 0 aliphatic carbocycles. The molecule has 2 nitrogen and oxygen atoms in total. The first-order chi connectivity index (χ1) is 4.81. The van der Waals surface area contributed by atoms with Gasteiger partial charge in [0.2, 0.25) is 0 Å². The number of imidazole rings is 1. The molecule has 1 aromatic rings. The normalized spacial score (nSPS) is 7.55. The Morgan fingerprint density at radius 2 is 2.09 bits per heavy atom. The van der Waals surface area contributed by atoms with Gasteiger partial charge in [-0.05, 0) is 0 Å². The molecule has 0 spiro atoms. The summed E-state index contributed by atoms with van der Waals surface area (Å²) in [5, 5.41) is 0. The summed E-state index contributed by atoms with van der Waals surface area (Å²) in [4.78, 5) is 3.78. The van der Waals surface area contributed by atoms with Crippen molar-refractivity contribution >= 4 is 0 Å². The maximum Gasteiger partial charge on any atom is 1.00 e. The summed E-state index contributed by atoms with van der Waals surface area (Å²) in [5.41, 5.74) is 0. The largest absolute Gasteiger partial charge is 1.00 e. The average Bonchev–Trinajstić information content (AvgIpc) is 2.40. The van der Waals surface area contributed by atoms with E-state index in [0.29, 0.717) is 0 Å². The molecule has 1 aromatic heterocycles. The SMILES string of the molecule is Cn1ccnc1.[CH2-]CCC.[Li+]. The van der Waals surface area contributed by atoms with Crippen molar-refractivity contribution in [3.63, 3.8) is 0 Å². The van der Waals surface area contributed by atoms with Gasteiger partial charge in [-0.25, -0.2) is 4.98 Å². The van der Waals surface area contributed by atoms with Gasteiger partial charge in [0, 0.05) is 19.4 Å². The minimum atomic E-state index is 0. The minimum absolute atomic E-state index is 0. The summed E-state index contributed by atoms with van der Waals surface area (Å²) in [5.74, 6) is 0. The van der Waals surface area contributed by atoms with E-state index in [9.17, 15) is 0 Å². The summed E-state index contributed by atoms with van der Waals surface area (Å²) in [6.45, 7) is 5.72. The van der Waals surface area contributed by atoms with Crippen LogP contribution in [0, 0.1) is 6.92 Å². The van der Waals surface area contributed by atoms with E-state index in [2.05, 4.69) is 18.8 Å². The van der Waals surface area contributed by atoms with E-state index in [1.165, 1.54) is 6.42 Å². The summed E-state index contributed by atoms with van der Waals surface area (Å²) >= 11 is 0. The van der Waals surface area contributed by atoms with Crippen molar-refractivity contribution in [1.82, 2.24) is 9.55 Å². The number of rotatable bonds is 1. The van der Waals surface area contributed by atoms with Crippen molar-refractivity contribution in [1.29, 1.82) is 0 Å². The molecule has 0 saturated heterocycles. The van der Waals surface area contributed by atoms with Crippen LogP contribution in [-0.4, -0.2) is 9.55 Å². The van der Waals surface area contributed by atoms with Crippen LogP contribution in [0.5, 0.6) is 0 Å². The van der Waals surface area contributed by atoms with Crippen LogP contribution in [0.3, 0.4) is 0 Å². The van der Waals surface area contributed by atoms with Crippen molar-refractivity contribution in [2.75, 3.05) is 0 Å². The Kier molecular flexibility index (Phi) is 11.9. The molecule has 0 aliphatic heterocycles. The number of aryl methyl sites for hydroxylation is 1. The molecule has 0 radical (unpaired) electrons. The van der Waals surface area contributed by atoms with Gasteiger partial charge in [0.15, 0.2) is 0 Å². The Morgan fingerprint density at radius 1 is 1.55 bits per heavy atom. The first-order valence-electron chi connectivity index (χ1n) is 3.52. The average molecular weight is 146 g/mol. The van der Waals surface area contributed by atoms with Crippen LogP contribution >= 0.6 is 0 Å². The van der Waals surface area contributed by atoms with Crippen LogP contribution in [0.25, 0.3) is 0 Å². The quantitative estimate of drug-likeness (QED) is 0.369. The zero-order chi connectivity index (χ0) is 7.82. The number of unbranched alkanes of at least 4 members (excludes halogenated alkanes) is 1. The van der Waals surface area contributed by atoms with Gasteiger partial charge in [-0.15, -0.1) is 0 Å². The Bertz CT molecular complexity index is 136. The van der Waals surface area contributed by atoms with Gasteiger partial charge in [-0.2, -0.15) is 6.42 Å². The maximum absolute atomic E-state index is 3.78. The minimum Gasteiger partial charge on any atom is -0.343 e. The van der Waals surface area contributed by atoms with E-state index in [4.69, 9.17) is 0 Å². The van der Waals surface area contributed by atoms with E-state index in [1.807, 2.05) is 17.8 Å². The topological polar surface area (TPSA) is 17.8 Å². The van der Waals surface area contributed by atoms with Gasteiger partial charge in [0.1, 0.15) is 0 Å². The Balaban J connectivity index is 0. The summed E-state index contributed by atoms with van der Waals surface area (Å²) in [6, 6.07) is 0. The Hall–Kier alpha value is -0.193. The van der Waals surface area contributed by atoms with E-state index in [-0.39, 0.29) is 18.9 Å².